The van der Waals surface area contributed by atoms with Gasteiger partial charge in [0.2, 0.25) is 0 Å². The van der Waals surface area contributed by atoms with Crippen molar-refractivity contribution in [3.63, 3.8) is 0 Å². The van der Waals surface area contributed by atoms with E-state index in [1.807, 2.05) is 14.1 Å². The van der Waals surface area contributed by atoms with Gasteiger partial charge in [-0.05, 0) is 46.3 Å². The summed E-state index contributed by atoms with van der Waals surface area (Å²) in [6.07, 6.45) is 8.19. The van der Waals surface area contributed by atoms with Crippen LogP contribution in [0, 0.1) is 13.8 Å². The first kappa shape index (κ1) is 15.8. The Morgan fingerprint density at radius 2 is 1.76 bits per heavy atom. The topological polar surface area (TPSA) is 65.6 Å². The first-order valence-electron chi connectivity index (χ1n) is 7.82. The van der Waals surface area contributed by atoms with Crippen LogP contribution in [0.2, 0.25) is 0 Å². The van der Waals surface area contributed by atoms with Crippen LogP contribution in [-0.2, 0) is 0 Å². The maximum Gasteiger partial charge on any atom is 0.143 e. The number of aromatic amines is 1. The third kappa shape index (κ3) is 3.73. The Morgan fingerprint density at radius 1 is 1.10 bits per heavy atom. The van der Waals surface area contributed by atoms with Crippen molar-refractivity contribution < 1.29 is 0 Å². The molecule has 1 saturated carbocycles. The first-order chi connectivity index (χ1) is 10.2. The van der Waals surface area contributed by atoms with Crippen LogP contribution in [0.4, 0.5) is 5.82 Å². The highest BCUT2D eigenvalue weighted by atomic mass is 15.1. The molecule has 0 bridgehead atoms. The first-order valence-corrected chi connectivity index (χ1v) is 7.82. The standard InChI is InChI=1S/C14H20N4.C2H7N/c1-9-10(2)17-13-12(9)14(16-8-15-13)18-11-6-4-3-5-7-11;1-3-2/h8,11H,3-7H2,1-2H3,(H2,15,16,17,18);3H,1-2H3. The predicted octanol–water partition coefficient (Wildman–Crippen LogP) is 3.15. The second-order valence-corrected chi connectivity index (χ2v) is 5.80. The molecule has 1 aliphatic rings. The molecule has 116 valence electrons. The fourth-order valence-electron chi connectivity index (χ4n) is 2.84. The highest BCUT2D eigenvalue weighted by Gasteiger charge is 2.17. The molecule has 0 amide bonds. The van der Waals surface area contributed by atoms with E-state index >= 15 is 0 Å². The fourth-order valence-corrected chi connectivity index (χ4v) is 2.84. The predicted molar refractivity (Wildman–Crippen MR) is 88.8 cm³/mol. The van der Waals surface area contributed by atoms with Gasteiger partial charge in [-0.2, -0.15) is 0 Å². The lowest BCUT2D eigenvalue weighted by molar-refractivity contribution is 0.462. The van der Waals surface area contributed by atoms with E-state index in [4.69, 9.17) is 0 Å². The van der Waals surface area contributed by atoms with E-state index in [0.29, 0.717) is 6.04 Å². The van der Waals surface area contributed by atoms with Crippen molar-refractivity contribution in [2.75, 3.05) is 19.4 Å². The molecule has 3 rings (SSSR count). The van der Waals surface area contributed by atoms with E-state index in [1.165, 1.54) is 43.4 Å². The summed E-state index contributed by atoms with van der Waals surface area (Å²) in [5.74, 6) is 0.994. The summed E-state index contributed by atoms with van der Waals surface area (Å²) in [7, 11) is 3.75. The molecule has 21 heavy (non-hydrogen) atoms. The van der Waals surface area contributed by atoms with Crippen molar-refractivity contribution in [2.45, 2.75) is 52.0 Å². The van der Waals surface area contributed by atoms with E-state index in [0.717, 1.165) is 16.9 Å². The molecular formula is C16H27N5. The van der Waals surface area contributed by atoms with Crippen LogP contribution in [-0.4, -0.2) is 35.1 Å². The molecule has 5 nitrogen and oxygen atoms in total. The van der Waals surface area contributed by atoms with Crippen LogP contribution in [0.5, 0.6) is 0 Å². The number of aromatic nitrogens is 3. The number of H-pyrrole nitrogens is 1. The molecule has 3 N–H and O–H groups in total. The van der Waals surface area contributed by atoms with Gasteiger partial charge in [0, 0.05) is 11.7 Å². The molecule has 2 aromatic heterocycles. The van der Waals surface area contributed by atoms with E-state index in [1.54, 1.807) is 6.33 Å². The summed E-state index contributed by atoms with van der Waals surface area (Å²) in [5, 5.41) is 7.51. The zero-order valence-electron chi connectivity index (χ0n) is 13.6. The Kier molecular flexibility index (Phi) is 5.56. The molecule has 5 heteroatoms. The molecule has 0 aromatic carbocycles. The largest absolute Gasteiger partial charge is 0.367 e. The SMILES string of the molecule is CNC.Cc1[nH]c2ncnc(NC3CCCCC3)c2c1C. The van der Waals surface area contributed by atoms with Gasteiger partial charge in [0.1, 0.15) is 17.8 Å². The van der Waals surface area contributed by atoms with Gasteiger partial charge in [-0.3, -0.25) is 0 Å². The van der Waals surface area contributed by atoms with Gasteiger partial charge >= 0.3 is 0 Å². The number of nitrogens with zero attached hydrogens (tertiary/aromatic N) is 2. The highest BCUT2D eigenvalue weighted by Crippen LogP contribution is 2.28. The number of hydrogen-bond acceptors (Lipinski definition) is 4. The molecule has 0 spiro atoms. The molecule has 0 aliphatic heterocycles. The maximum absolute atomic E-state index is 4.43. The molecule has 0 saturated heterocycles. The average Bonchev–Trinajstić information content (AvgIpc) is 2.77. The maximum atomic E-state index is 4.43. The molecule has 0 atom stereocenters. The number of fused-ring (bicyclic) bond motifs is 1. The van der Waals surface area contributed by atoms with Crippen molar-refractivity contribution in [1.29, 1.82) is 0 Å². The monoisotopic (exact) mass is 289 g/mol. The Labute approximate surface area is 127 Å². The zero-order chi connectivity index (χ0) is 15.2. The summed E-state index contributed by atoms with van der Waals surface area (Å²) in [4.78, 5) is 12.1. The zero-order valence-corrected chi connectivity index (χ0v) is 13.6. The Bertz CT molecular complexity index is 569. The van der Waals surface area contributed by atoms with Gasteiger partial charge in [0.15, 0.2) is 0 Å². The molecule has 1 aliphatic carbocycles. The van der Waals surface area contributed by atoms with Crippen LogP contribution >= 0.6 is 0 Å². The van der Waals surface area contributed by atoms with Crippen LogP contribution in [0.15, 0.2) is 6.33 Å². The quantitative estimate of drug-likeness (QED) is 0.794. The lowest BCUT2D eigenvalue weighted by Gasteiger charge is -2.23. The summed E-state index contributed by atoms with van der Waals surface area (Å²) < 4.78 is 0. The molecule has 0 unspecified atom stereocenters. The molecule has 0 radical (unpaired) electrons. The summed E-state index contributed by atoms with van der Waals surface area (Å²) in [6.45, 7) is 4.21. The number of nitrogens with one attached hydrogen (secondary N) is 3. The fraction of sp³-hybridized carbons (Fsp3) is 0.625. The van der Waals surface area contributed by atoms with Crippen LogP contribution in [0.1, 0.15) is 43.4 Å². The summed E-state index contributed by atoms with van der Waals surface area (Å²) >= 11 is 0. The van der Waals surface area contributed by atoms with Crippen molar-refractivity contribution >= 4 is 16.9 Å². The summed E-state index contributed by atoms with van der Waals surface area (Å²) in [5.41, 5.74) is 3.37. The smallest absolute Gasteiger partial charge is 0.143 e. The van der Waals surface area contributed by atoms with Gasteiger partial charge in [-0.1, -0.05) is 19.3 Å². The van der Waals surface area contributed by atoms with Crippen LogP contribution < -0.4 is 10.6 Å². The highest BCUT2D eigenvalue weighted by molar-refractivity contribution is 5.91. The van der Waals surface area contributed by atoms with E-state index in [9.17, 15) is 0 Å². The van der Waals surface area contributed by atoms with Gasteiger partial charge in [0.25, 0.3) is 0 Å². The van der Waals surface area contributed by atoms with Crippen LogP contribution in [0.25, 0.3) is 11.0 Å². The van der Waals surface area contributed by atoms with Crippen molar-refractivity contribution in [3.8, 4) is 0 Å². The molecular weight excluding hydrogens is 262 g/mol. The number of hydrogen-bond donors (Lipinski definition) is 3. The van der Waals surface area contributed by atoms with Gasteiger partial charge < -0.3 is 15.6 Å². The average molecular weight is 289 g/mol. The van der Waals surface area contributed by atoms with Gasteiger partial charge in [0.05, 0.1) is 5.39 Å². The third-order valence-corrected chi connectivity index (χ3v) is 4.04. The Hall–Kier alpha value is -1.62. The minimum atomic E-state index is 0.575. The molecule has 2 heterocycles. The van der Waals surface area contributed by atoms with E-state index < -0.39 is 0 Å². The van der Waals surface area contributed by atoms with Crippen molar-refractivity contribution in [2.24, 2.45) is 0 Å². The lowest BCUT2D eigenvalue weighted by atomic mass is 9.95. The third-order valence-electron chi connectivity index (χ3n) is 4.04. The number of aryl methyl sites for hydroxylation is 2. The number of rotatable bonds is 2. The van der Waals surface area contributed by atoms with Gasteiger partial charge in [-0.15, -0.1) is 0 Å². The normalized spacial score (nSPS) is 15.6. The van der Waals surface area contributed by atoms with Crippen LogP contribution in [0.3, 0.4) is 0 Å². The minimum absolute atomic E-state index is 0.575. The van der Waals surface area contributed by atoms with Gasteiger partial charge in [-0.25, -0.2) is 9.97 Å². The Balaban J connectivity index is 0.000000497. The van der Waals surface area contributed by atoms with Crippen molar-refractivity contribution in [1.82, 2.24) is 20.3 Å². The van der Waals surface area contributed by atoms with E-state index in [2.05, 4.69) is 39.4 Å². The van der Waals surface area contributed by atoms with E-state index in [-0.39, 0.29) is 0 Å². The minimum Gasteiger partial charge on any atom is -0.367 e. The summed E-state index contributed by atoms with van der Waals surface area (Å²) in [6, 6.07) is 0.575. The number of anilines is 1. The Morgan fingerprint density at radius 3 is 2.43 bits per heavy atom. The molecule has 1 fully saturated rings. The second-order valence-electron chi connectivity index (χ2n) is 5.80. The second kappa shape index (κ2) is 7.41. The molecule has 2 aromatic rings. The lowest BCUT2D eigenvalue weighted by Crippen LogP contribution is -2.23. The van der Waals surface area contributed by atoms with Crippen molar-refractivity contribution in [3.05, 3.63) is 17.6 Å².